The summed E-state index contributed by atoms with van der Waals surface area (Å²) < 4.78 is 0. The number of hydrogen-bond acceptors (Lipinski definition) is 8. The standard InChI is InChI=1S/C8H10O8.4C7H13NO/c9-5(10)1-3(7(13)14)4(8(15)16)2-6(11)12;4*8-7(9)6-4-2-1-3-5-6/h3-4H,1-2H2,(H,9,10)(H,11,12)(H,13,14)(H,15,16);4*6H,1-5H2,(H2,8,9). The maximum atomic E-state index is 10.6. The van der Waals surface area contributed by atoms with E-state index in [1.54, 1.807) is 0 Å². The molecule has 0 aliphatic heterocycles. The second-order valence-electron chi connectivity index (χ2n) is 14.0. The Bertz CT molecular complexity index is 996. The van der Waals surface area contributed by atoms with Gasteiger partial charge in [0.15, 0.2) is 0 Å². The van der Waals surface area contributed by atoms with Crippen molar-refractivity contribution >= 4 is 47.5 Å². The molecule has 2 unspecified atom stereocenters. The summed E-state index contributed by atoms with van der Waals surface area (Å²) in [5.41, 5.74) is 20.5. The van der Waals surface area contributed by atoms with Crippen molar-refractivity contribution in [3.8, 4) is 0 Å². The van der Waals surface area contributed by atoms with Crippen LogP contribution in [0.2, 0.25) is 0 Å². The van der Waals surface area contributed by atoms with Crippen LogP contribution in [0.5, 0.6) is 0 Å². The fourth-order valence-electron chi connectivity index (χ4n) is 6.73. The first-order valence-corrected chi connectivity index (χ1v) is 18.5. The van der Waals surface area contributed by atoms with Crippen LogP contribution < -0.4 is 22.9 Å². The van der Waals surface area contributed by atoms with Crippen molar-refractivity contribution in [1.29, 1.82) is 0 Å². The van der Waals surface area contributed by atoms with Gasteiger partial charge in [-0.05, 0) is 51.4 Å². The van der Waals surface area contributed by atoms with Gasteiger partial charge in [0.25, 0.3) is 0 Å². The fraction of sp³-hybridized carbons (Fsp3) is 0.778. The predicted molar refractivity (Wildman–Crippen MR) is 190 cm³/mol. The Morgan fingerprint density at radius 2 is 0.538 bits per heavy atom. The van der Waals surface area contributed by atoms with Crippen molar-refractivity contribution in [2.45, 2.75) is 141 Å². The van der Waals surface area contributed by atoms with Crippen LogP contribution in [0, 0.1) is 35.5 Å². The van der Waals surface area contributed by atoms with E-state index in [0.717, 1.165) is 51.4 Å². The predicted octanol–water partition coefficient (Wildman–Crippen LogP) is 3.55. The molecule has 4 amide bonds. The number of hydrogen-bond donors (Lipinski definition) is 8. The molecule has 4 aliphatic rings. The van der Waals surface area contributed by atoms with E-state index < -0.39 is 48.6 Å². The Morgan fingerprint density at radius 3 is 0.635 bits per heavy atom. The average Bonchev–Trinajstić information content (AvgIpc) is 3.12. The van der Waals surface area contributed by atoms with Gasteiger partial charge in [0.05, 0.1) is 24.7 Å². The van der Waals surface area contributed by atoms with Crippen molar-refractivity contribution in [2.75, 3.05) is 0 Å². The van der Waals surface area contributed by atoms with Gasteiger partial charge in [-0.3, -0.25) is 38.4 Å². The lowest BCUT2D eigenvalue weighted by atomic mass is 9.87. The third-order valence-electron chi connectivity index (χ3n) is 9.94. The first kappa shape index (κ1) is 47.8. The minimum Gasteiger partial charge on any atom is -0.481 e. The highest BCUT2D eigenvalue weighted by molar-refractivity contribution is 5.86. The first-order chi connectivity index (χ1) is 24.5. The van der Waals surface area contributed by atoms with Crippen LogP contribution in [0.3, 0.4) is 0 Å². The summed E-state index contributed by atoms with van der Waals surface area (Å²) in [6.07, 6.45) is 21.0. The summed E-state index contributed by atoms with van der Waals surface area (Å²) in [5.74, 6) is -9.43. The molecule has 2 atom stereocenters. The Hall–Kier alpha value is -4.24. The van der Waals surface area contributed by atoms with Crippen molar-refractivity contribution < 1.29 is 58.8 Å². The Morgan fingerprint density at radius 1 is 0.365 bits per heavy atom. The molecule has 0 aromatic rings. The second kappa shape index (κ2) is 27.4. The Labute approximate surface area is 305 Å². The second-order valence-corrected chi connectivity index (χ2v) is 14.0. The smallest absolute Gasteiger partial charge is 0.307 e. The number of rotatable bonds is 11. The van der Waals surface area contributed by atoms with Gasteiger partial charge >= 0.3 is 23.9 Å². The SMILES string of the molecule is NC(=O)C1CCCCC1.NC(=O)C1CCCCC1.NC(=O)C1CCCCC1.NC(=O)C1CCCCC1.O=C(O)CC(C(=O)O)C(CC(=O)O)C(=O)O. The van der Waals surface area contributed by atoms with Gasteiger partial charge < -0.3 is 43.4 Å². The summed E-state index contributed by atoms with van der Waals surface area (Å²) in [4.78, 5) is 84.2. The molecule has 16 heteroatoms. The van der Waals surface area contributed by atoms with E-state index in [0.29, 0.717) is 0 Å². The van der Waals surface area contributed by atoms with E-state index in [-0.39, 0.29) is 47.3 Å². The van der Waals surface area contributed by atoms with Gasteiger partial charge in [-0.25, -0.2) is 0 Å². The van der Waals surface area contributed by atoms with E-state index >= 15 is 0 Å². The summed E-state index contributed by atoms with van der Waals surface area (Å²) in [7, 11) is 0. The monoisotopic (exact) mass is 742 g/mol. The number of primary amides is 4. The third-order valence-corrected chi connectivity index (χ3v) is 9.94. The van der Waals surface area contributed by atoms with Crippen LogP contribution in [0.25, 0.3) is 0 Å². The molecule has 4 saturated carbocycles. The fourth-order valence-corrected chi connectivity index (χ4v) is 6.73. The highest BCUT2D eigenvalue weighted by atomic mass is 16.4. The molecule has 0 aromatic carbocycles. The molecule has 0 saturated heterocycles. The minimum absolute atomic E-state index is 0.102. The zero-order chi connectivity index (χ0) is 39.6. The number of amides is 4. The molecule has 0 aromatic heterocycles. The van der Waals surface area contributed by atoms with Crippen molar-refractivity contribution in [2.24, 2.45) is 58.4 Å². The Kier molecular flexibility index (Phi) is 25.2. The van der Waals surface area contributed by atoms with Gasteiger partial charge in [0.2, 0.25) is 23.6 Å². The number of aliphatic carboxylic acids is 4. The van der Waals surface area contributed by atoms with Crippen LogP contribution >= 0.6 is 0 Å². The number of carboxylic acids is 4. The van der Waals surface area contributed by atoms with Gasteiger partial charge in [-0.2, -0.15) is 0 Å². The molecule has 12 N–H and O–H groups in total. The van der Waals surface area contributed by atoms with Gasteiger partial charge in [0, 0.05) is 23.7 Å². The van der Waals surface area contributed by atoms with Crippen molar-refractivity contribution in [3.05, 3.63) is 0 Å². The molecule has 0 heterocycles. The number of carbonyl (C=O) groups is 8. The quantitative estimate of drug-likeness (QED) is 0.151. The van der Waals surface area contributed by atoms with Crippen molar-refractivity contribution in [1.82, 2.24) is 0 Å². The molecule has 0 spiro atoms. The lowest BCUT2D eigenvalue weighted by molar-refractivity contribution is -0.160. The third kappa shape index (κ3) is 22.6. The topological polar surface area (TPSA) is 322 Å². The highest BCUT2D eigenvalue weighted by Crippen LogP contribution is 2.25. The molecule has 4 aliphatic carbocycles. The highest BCUT2D eigenvalue weighted by Gasteiger charge is 2.37. The lowest BCUT2D eigenvalue weighted by Gasteiger charge is -2.17. The maximum absolute atomic E-state index is 10.6. The van der Waals surface area contributed by atoms with Gasteiger partial charge in [-0.1, -0.05) is 77.0 Å². The molecule has 52 heavy (non-hydrogen) atoms. The number of carboxylic acid groups (broad SMARTS) is 4. The van der Waals surface area contributed by atoms with E-state index in [4.69, 9.17) is 43.4 Å². The summed E-state index contributed by atoms with van der Waals surface area (Å²) in [6.45, 7) is 0. The van der Waals surface area contributed by atoms with E-state index in [1.165, 1.54) is 77.0 Å². The molecule has 0 bridgehead atoms. The zero-order valence-electron chi connectivity index (χ0n) is 30.4. The summed E-state index contributed by atoms with van der Waals surface area (Å²) in [5, 5.41) is 34.1. The van der Waals surface area contributed by atoms with Crippen LogP contribution in [0.1, 0.15) is 141 Å². The largest absolute Gasteiger partial charge is 0.481 e. The van der Waals surface area contributed by atoms with E-state index in [9.17, 15) is 38.4 Å². The van der Waals surface area contributed by atoms with Gasteiger partial charge in [0.1, 0.15) is 0 Å². The molecule has 4 rings (SSSR count). The van der Waals surface area contributed by atoms with Crippen LogP contribution in [-0.4, -0.2) is 67.9 Å². The van der Waals surface area contributed by atoms with Crippen LogP contribution in [0.4, 0.5) is 0 Å². The van der Waals surface area contributed by atoms with E-state index in [2.05, 4.69) is 0 Å². The molecular weight excluding hydrogens is 680 g/mol. The maximum Gasteiger partial charge on any atom is 0.307 e. The minimum atomic E-state index is -1.76. The first-order valence-electron chi connectivity index (χ1n) is 18.5. The lowest BCUT2D eigenvalue weighted by Crippen LogP contribution is -2.33. The molecule has 0 radical (unpaired) electrons. The molecule has 4 fully saturated rings. The summed E-state index contributed by atoms with van der Waals surface area (Å²) in [6, 6.07) is 0. The zero-order valence-corrected chi connectivity index (χ0v) is 30.4. The summed E-state index contributed by atoms with van der Waals surface area (Å²) >= 11 is 0. The molecular formula is C36H62N4O12. The van der Waals surface area contributed by atoms with Gasteiger partial charge in [-0.15, -0.1) is 0 Å². The van der Waals surface area contributed by atoms with Crippen LogP contribution in [-0.2, 0) is 38.4 Å². The Balaban J connectivity index is 0.000000639. The number of carbonyl (C=O) groups excluding carboxylic acids is 4. The van der Waals surface area contributed by atoms with Crippen molar-refractivity contribution in [3.63, 3.8) is 0 Å². The van der Waals surface area contributed by atoms with E-state index in [1.807, 2.05) is 0 Å². The molecule has 298 valence electrons. The average molecular weight is 743 g/mol. The molecule has 16 nitrogen and oxygen atoms in total. The van der Waals surface area contributed by atoms with Crippen LogP contribution in [0.15, 0.2) is 0 Å². The number of nitrogens with two attached hydrogens (primary N) is 4. The normalized spacial score (nSPS) is 19.3.